The van der Waals surface area contributed by atoms with Crippen LogP contribution in [0.25, 0.3) is 0 Å². The second-order valence-electron chi connectivity index (χ2n) is 2.54. The molecule has 0 aromatic heterocycles. The van der Waals surface area contributed by atoms with E-state index in [1.807, 2.05) is 35.3 Å². The van der Waals surface area contributed by atoms with Gasteiger partial charge in [-0.05, 0) is 12.1 Å². The Morgan fingerprint density at radius 1 is 1.38 bits per heavy atom. The molecule has 2 nitrogen and oxygen atoms in total. The van der Waals surface area contributed by atoms with Gasteiger partial charge in [-0.25, -0.2) is 5.43 Å². The second-order valence-corrected chi connectivity index (χ2v) is 5.14. The van der Waals surface area contributed by atoms with E-state index in [9.17, 15) is 0 Å². The van der Waals surface area contributed by atoms with Crippen molar-refractivity contribution in [3.05, 3.63) is 30.3 Å². The molecule has 1 aliphatic rings. The van der Waals surface area contributed by atoms with Crippen LogP contribution in [0.1, 0.15) is 0 Å². The summed E-state index contributed by atoms with van der Waals surface area (Å²) < 4.78 is 0.874. The predicted molar refractivity (Wildman–Crippen MR) is 65.0 cm³/mol. The molecule has 1 heterocycles. The minimum absolute atomic E-state index is 0.0627. The van der Waals surface area contributed by atoms with Crippen molar-refractivity contribution in [2.24, 2.45) is 0 Å². The van der Waals surface area contributed by atoms with Gasteiger partial charge in [0.25, 0.3) is 0 Å². The van der Waals surface area contributed by atoms with Crippen LogP contribution in [0.5, 0.6) is 0 Å². The number of anilines is 1. The number of para-hydroxylation sites is 1. The highest BCUT2D eigenvalue weighted by atomic mass is 32.2. The lowest BCUT2D eigenvalue weighted by Gasteiger charge is -2.16. The molecule has 1 saturated heterocycles. The molecular weight excluding hydrogens is 220 g/mol. The third kappa shape index (κ3) is 1.99. The number of hydrogen-bond acceptors (Lipinski definition) is 4. The summed E-state index contributed by atoms with van der Waals surface area (Å²) in [5.41, 5.74) is 4.19. The summed E-state index contributed by atoms with van der Waals surface area (Å²) >= 11 is 11.0. The monoisotopic (exact) mass is 228 g/mol. The van der Waals surface area contributed by atoms with E-state index in [0.717, 1.165) is 10.0 Å². The largest absolute Gasteiger partial charge is 0.259 e. The number of thiol groups is 1. The van der Waals surface area contributed by atoms with E-state index in [1.165, 1.54) is 11.8 Å². The number of nitrogens with one attached hydrogen (secondary N) is 1. The van der Waals surface area contributed by atoms with Crippen molar-refractivity contribution >= 4 is 46.6 Å². The van der Waals surface area contributed by atoms with Gasteiger partial charge >= 0.3 is 0 Å². The average Bonchev–Trinajstić information content (AvgIpc) is 2.47. The van der Waals surface area contributed by atoms with Crippen LogP contribution in [-0.2, 0) is 0 Å². The van der Waals surface area contributed by atoms with E-state index in [4.69, 9.17) is 12.2 Å². The number of nitrogens with zero attached hydrogens (tertiary/aromatic N) is 1. The molecule has 1 N–H and O–H groups in total. The topological polar surface area (TPSA) is 15.3 Å². The fourth-order valence-electron chi connectivity index (χ4n) is 1.09. The molecule has 68 valence electrons. The smallest absolute Gasteiger partial charge is 0.157 e. The highest BCUT2D eigenvalue weighted by molar-refractivity contribution is 8.28. The minimum atomic E-state index is 0.0627. The van der Waals surface area contributed by atoms with Gasteiger partial charge in [0.15, 0.2) is 4.32 Å². The summed E-state index contributed by atoms with van der Waals surface area (Å²) in [6, 6.07) is 9.96. The Balaban J connectivity index is 2.23. The minimum Gasteiger partial charge on any atom is -0.259 e. The average molecular weight is 228 g/mol. The molecule has 0 spiro atoms. The Morgan fingerprint density at radius 2 is 2.08 bits per heavy atom. The van der Waals surface area contributed by atoms with Crippen molar-refractivity contribution in [2.75, 3.05) is 5.01 Å². The summed E-state index contributed by atoms with van der Waals surface area (Å²) in [5, 5.41) is 1.87. The maximum atomic E-state index is 5.18. The molecule has 1 unspecified atom stereocenters. The van der Waals surface area contributed by atoms with Gasteiger partial charge in [-0.2, -0.15) is 0 Å². The van der Waals surface area contributed by atoms with Crippen molar-refractivity contribution in [1.82, 2.24) is 5.43 Å². The van der Waals surface area contributed by atoms with Crippen LogP contribution in [0.15, 0.2) is 30.3 Å². The number of thioether (sulfide) groups is 1. The number of benzene rings is 1. The van der Waals surface area contributed by atoms with Crippen molar-refractivity contribution in [1.29, 1.82) is 0 Å². The Hall–Kier alpha value is -0.230. The van der Waals surface area contributed by atoms with Gasteiger partial charge < -0.3 is 0 Å². The molecule has 0 saturated carbocycles. The highest BCUT2D eigenvalue weighted by Gasteiger charge is 2.24. The molecule has 1 atom stereocenters. The molecule has 1 aromatic rings. The summed E-state index contributed by atoms with van der Waals surface area (Å²) in [7, 11) is 0. The first-order chi connectivity index (χ1) is 6.27. The van der Waals surface area contributed by atoms with Gasteiger partial charge in [-0.3, -0.25) is 5.01 Å². The molecule has 0 amide bonds. The molecule has 13 heavy (non-hydrogen) atoms. The number of rotatable bonds is 1. The maximum Gasteiger partial charge on any atom is 0.157 e. The Morgan fingerprint density at radius 3 is 2.62 bits per heavy atom. The Bertz CT molecular complexity index is 314. The predicted octanol–water partition coefficient (Wildman–Crippen LogP) is 2.24. The number of thiocarbonyl (C=S) groups is 1. The number of hydrogen-bond donors (Lipinski definition) is 2. The number of hydrazine groups is 1. The molecule has 0 aliphatic carbocycles. The third-order valence-corrected chi connectivity index (χ3v) is 3.26. The van der Waals surface area contributed by atoms with Gasteiger partial charge in [0, 0.05) is 0 Å². The van der Waals surface area contributed by atoms with Crippen LogP contribution >= 0.6 is 36.6 Å². The van der Waals surface area contributed by atoms with Crippen molar-refractivity contribution in [3.63, 3.8) is 0 Å². The van der Waals surface area contributed by atoms with E-state index in [0.29, 0.717) is 0 Å². The molecule has 0 radical (unpaired) electrons. The zero-order valence-electron chi connectivity index (χ0n) is 6.68. The third-order valence-electron chi connectivity index (χ3n) is 1.65. The molecule has 5 heteroatoms. The summed E-state index contributed by atoms with van der Waals surface area (Å²) in [6.07, 6.45) is 0. The van der Waals surface area contributed by atoms with Gasteiger partial charge in [0.2, 0.25) is 0 Å². The summed E-state index contributed by atoms with van der Waals surface area (Å²) in [4.78, 5) is 0. The summed E-state index contributed by atoms with van der Waals surface area (Å²) in [5.74, 6) is 0. The zero-order chi connectivity index (χ0) is 9.26. The molecule has 0 bridgehead atoms. The van der Waals surface area contributed by atoms with E-state index in [1.54, 1.807) is 0 Å². The highest BCUT2D eigenvalue weighted by Crippen LogP contribution is 2.28. The standard InChI is InChI=1S/C8H8N2S3/c11-7-9-10(8(12)13-7)6-4-2-1-3-5-6/h1-5,7,9,11H. The SMILES string of the molecule is S=C1SC(S)NN1c1ccccc1. The van der Waals surface area contributed by atoms with Crippen LogP contribution < -0.4 is 10.4 Å². The van der Waals surface area contributed by atoms with Crippen molar-refractivity contribution in [2.45, 2.75) is 4.71 Å². The Labute approximate surface area is 92.1 Å². The lowest BCUT2D eigenvalue weighted by molar-refractivity contribution is 0.838. The van der Waals surface area contributed by atoms with Gasteiger partial charge in [0.05, 0.1) is 5.69 Å². The fraction of sp³-hybridized carbons (Fsp3) is 0.125. The lowest BCUT2D eigenvalue weighted by atomic mass is 10.3. The van der Waals surface area contributed by atoms with Crippen molar-refractivity contribution < 1.29 is 0 Å². The van der Waals surface area contributed by atoms with E-state index >= 15 is 0 Å². The van der Waals surface area contributed by atoms with E-state index in [-0.39, 0.29) is 4.71 Å². The van der Waals surface area contributed by atoms with E-state index < -0.39 is 0 Å². The molecule has 1 aliphatic heterocycles. The quantitative estimate of drug-likeness (QED) is 0.566. The van der Waals surface area contributed by atoms with E-state index in [2.05, 4.69) is 18.1 Å². The first kappa shape index (κ1) is 9.33. The van der Waals surface area contributed by atoms with Gasteiger partial charge in [0.1, 0.15) is 4.71 Å². The maximum absolute atomic E-state index is 5.18. The molecule has 2 rings (SSSR count). The van der Waals surface area contributed by atoms with Crippen LogP contribution in [0.2, 0.25) is 0 Å². The molecular formula is C8H8N2S3. The zero-order valence-corrected chi connectivity index (χ0v) is 9.20. The second kappa shape index (κ2) is 3.88. The lowest BCUT2D eigenvalue weighted by Crippen LogP contribution is -2.35. The van der Waals surface area contributed by atoms with Crippen LogP contribution in [0, 0.1) is 0 Å². The van der Waals surface area contributed by atoms with Crippen LogP contribution in [0.4, 0.5) is 5.69 Å². The first-order valence-electron chi connectivity index (χ1n) is 3.77. The van der Waals surface area contributed by atoms with Gasteiger partial charge in [-0.1, -0.05) is 42.2 Å². The van der Waals surface area contributed by atoms with Crippen LogP contribution in [0.3, 0.4) is 0 Å². The van der Waals surface area contributed by atoms with Gasteiger partial charge in [-0.15, -0.1) is 12.6 Å². The molecule has 1 fully saturated rings. The van der Waals surface area contributed by atoms with Crippen LogP contribution in [-0.4, -0.2) is 9.03 Å². The summed E-state index contributed by atoms with van der Waals surface area (Å²) in [6.45, 7) is 0. The normalized spacial score (nSPS) is 22.4. The molecule has 1 aromatic carbocycles. The first-order valence-corrected chi connectivity index (χ1v) is 5.58. The van der Waals surface area contributed by atoms with Crippen molar-refractivity contribution in [3.8, 4) is 0 Å². The fourth-order valence-corrected chi connectivity index (χ4v) is 2.78. The Kier molecular flexibility index (Phi) is 2.78.